The highest BCUT2D eigenvalue weighted by Crippen LogP contribution is 2.26. The SMILES string of the molecule is COc1ccc(OCCCC2CCCO2)c(N)c1. The van der Waals surface area contributed by atoms with Crippen molar-refractivity contribution < 1.29 is 14.2 Å². The van der Waals surface area contributed by atoms with Gasteiger partial charge in [0.15, 0.2) is 0 Å². The van der Waals surface area contributed by atoms with Crippen molar-refractivity contribution >= 4 is 5.69 Å². The first-order valence-corrected chi connectivity index (χ1v) is 6.47. The van der Waals surface area contributed by atoms with E-state index in [4.69, 9.17) is 19.9 Å². The molecule has 4 heteroatoms. The van der Waals surface area contributed by atoms with Gasteiger partial charge in [0, 0.05) is 12.7 Å². The topological polar surface area (TPSA) is 53.7 Å². The Kier molecular flexibility index (Phi) is 4.70. The van der Waals surface area contributed by atoms with Crippen molar-refractivity contribution in [3.8, 4) is 11.5 Å². The molecule has 4 nitrogen and oxygen atoms in total. The summed E-state index contributed by atoms with van der Waals surface area (Å²) in [6, 6.07) is 5.47. The zero-order valence-electron chi connectivity index (χ0n) is 10.9. The molecular weight excluding hydrogens is 230 g/mol. The molecule has 0 spiro atoms. The molecule has 0 radical (unpaired) electrons. The average molecular weight is 251 g/mol. The predicted molar refractivity (Wildman–Crippen MR) is 71.1 cm³/mol. The minimum Gasteiger partial charge on any atom is -0.497 e. The number of ether oxygens (including phenoxy) is 3. The summed E-state index contributed by atoms with van der Waals surface area (Å²) in [5, 5.41) is 0. The van der Waals surface area contributed by atoms with Gasteiger partial charge in [-0.1, -0.05) is 0 Å². The molecule has 1 aromatic carbocycles. The van der Waals surface area contributed by atoms with Gasteiger partial charge in [0.1, 0.15) is 11.5 Å². The van der Waals surface area contributed by atoms with Crippen molar-refractivity contribution in [2.24, 2.45) is 0 Å². The Labute approximate surface area is 108 Å². The molecule has 2 rings (SSSR count). The van der Waals surface area contributed by atoms with Crippen LogP contribution < -0.4 is 15.2 Å². The van der Waals surface area contributed by atoms with E-state index in [2.05, 4.69) is 0 Å². The Balaban J connectivity index is 1.72. The normalized spacial score (nSPS) is 18.8. The van der Waals surface area contributed by atoms with E-state index < -0.39 is 0 Å². The van der Waals surface area contributed by atoms with Crippen LogP contribution in [0.2, 0.25) is 0 Å². The van der Waals surface area contributed by atoms with Gasteiger partial charge < -0.3 is 19.9 Å². The van der Waals surface area contributed by atoms with E-state index in [9.17, 15) is 0 Å². The largest absolute Gasteiger partial charge is 0.497 e. The number of benzene rings is 1. The summed E-state index contributed by atoms with van der Waals surface area (Å²) in [5.41, 5.74) is 6.49. The van der Waals surface area contributed by atoms with Crippen LogP contribution in [0, 0.1) is 0 Å². The van der Waals surface area contributed by atoms with Crippen LogP contribution in [0.25, 0.3) is 0 Å². The van der Waals surface area contributed by atoms with E-state index in [1.165, 1.54) is 12.8 Å². The van der Waals surface area contributed by atoms with Crippen molar-refractivity contribution in [3.05, 3.63) is 18.2 Å². The number of anilines is 1. The van der Waals surface area contributed by atoms with Crippen LogP contribution in [0.5, 0.6) is 11.5 Å². The smallest absolute Gasteiger partial charge is 0.142 e. The summed E-state index contributed by atoms with van der Waals surface area (Å²) in [6.45, 7) is 1.59. The van der Waals surface area contributed by atoms with E-state index in [1.807, 2.05) is 12.1 Å². The van der Waals surface area contributed by atoms with Crippen LogP contribution in [0.1, 0.15) is 25.7 Å². The van der Waals surface area contributed by atoms with Crippen LogP contribution in [-0.4, -0.2) is 26.4 Å². The summed E-state index contributed by atoms with van der Waals surface area (Å²) in [5.74, 6) is 1.47. The second-order valence-corrected chi connectivity index (χ2v) is 4.53. The molecule has 1 aromatic rings. The number of nitrogen functional groups attached to an aromatic ring is 1. The van der Waals surface area contributed by atoms with Gasteiger partial charge in [0.25, 0.3) is 0 Å². The van der Waals surface area contributed by atoms with Crippen LogP contribution in [0.4, 0.5) is 5.69 Å². The number of hydrogen-bond acceptors (Lipinski definition) is 4. The van der Waals surface area contributed by atoms with Crippen molar-refractivity contribution in [3.63, 3.8) is 0 Å². The Morgan fingerprint density at radius 2 is 2.33 bits per heavy atom. The van der Waals surface area contributed by atoms with E-state index in [0.29, 0.717) is 18.4 Å². The first-order chi connectivity index (χ1) is 8.79. The molecule has 1 saturated heterocycles. The standard InChI is InChI=1S/C14H21NO3/c1-16-12-6-7-14(13(15)10-12)18-9-3-5-11-4-2-8-17-11/h6-7,10-11H,2-5,8-9,15H2,1H3. The molecule has 1 heterocycles. The molecule has 1 aliphatic rings. The molecule has 1 unspecified atom stereocenters. The first-order valence-electron chi connectivity index (χ1n) is 6.47. The molecule has 1 atom stereocenters. The number of rotatable bonds is 6. The molecule has 0 bridgehead atoms. The van der Waals surface area contributed by atoms with E-state index in [-0.39, 0.29) is 0 Å². The van der Waals surface area contributed by atoms with Crippen LogP contribution in [0.3, 0.4) is 0 Å². The molecule has 18 heavy (non-hydrogen) atoms. The molecule has 100 valence electrons. The maximum Gasteiger partial charge on any atom is 0.142 e. The molecule has 2 N–H and O–H groups in total. The van der Waals surface area contributed by atoms with Crippen molar-refractivity contribution in [1.29, 1.82) is 0 Å². The highest BCUT2D eigenvalue weighted by Gasteiger charge is 2.14. The summed E-state index contributed by atoms with van der Waals surface area (Å²) in [4.78, 5) is 0. The molecule has 1 aliphatic heterocycles. The summed E-state index contributed by atoms with van der Waals surface area (Å²) in [6.07, 6.45) is 4.87. The minimum absolute atomic E-state index is 0.432. The third-order valence-corrected chi connectivity index (χ3v) is 3.17. The van der Waals surface area contributed by atoms with Gasteiger partial charge in [0.05, 0.1) is 25.5 Å². The fraction of sp³-hybridized carbons (Fsp3) is 0.571. The number of methoxy groups -OCH3 is 1. The third kappa shape index (κ3) is 3.53. The highest BCUT2D eigenvalue weighted by atomic mass is 16.5. The van der Waals surface area contributed by atoms with Gasteiger partial charge in [-0.15, -0.1) is 0 Å². The van der Waals surface area contributed by atoms with Crippen LogP contribution >= 0.6 is 0 Å². The van der Waals surface area contributed by atoms with Crippen molar-refractivity contribution in [1.82, 2.24) is 0 Å². The fourth-order valence-corrected chi connectivity index (χ4v) is 2.15. The van der Waals surface area contributed by atoms with Gasteiger partial charge in [0.2, 0.25) is 0 Å². The lowest BCUT2D eigenvalue weighted by Gasteiger charge is -2.12. The van der Waals surface area contributed by atoms with Gasteiger partial charge in [-0.05, 0) is 37.8 Å². The lowest BCUT2D eigenvalue weighted by Crippen LogP contribution is -2.08. The first kappa shape index (κ1) is 13.0. The third-order valence-electron chi connectivity index (χ3n) is 3.17. The molecule has 1 fully saturated rings. The molecule has 0 aliphatic carbocycles. The average Bonchev–Trinajstić information content (AvgIpc) is 2.89. The minimum atomic E-state index is 0.432. The fourth-order valence-electron chi connectivity index (χ4n) is 2.15. The van der Waals surface area contributed by atoms with E-state index in [1.54, 1.807) is 13.2 Å². The van der Waals surface area contributed by atoms with Gasteiger partial charge >= 0.3 is 0 Å². The molecule has 0 aromatic heterocycles. The van der Waals surface area contributed by atoms with Gasteiger partial charge in [-0.2, -0.15) is 0 Å². The maximum absolute atomic E-state index is 5.87. The number of nitrogens with two attached hydrogens (primary N) is 1. The lowest BCUT2D eigenvalue weighted by atomic mass is 10.1. The zero-order chi connectivity index (χ0) is 12.8. The monoisotopic (exact) mass is 251 g/mol. The van der Waals surface area contributed by atoms with Crippen LogP contribution in [0.15, 0.2) is 18.2 Å². The van der Waals surface area contributed by atoms with Gasteiger partial charge in [-0.25, -0.2) is 0 Å². The second-order valence-electron chi connectivity index (χ2n) is 4.53. The lowest BCUT2D eigenvalue weighted by molar-refractivity contribution is 0.0982. The Hall–Kier alpha value is -1.42. The van der Waals surface area contributed by atoms with E-state index in [0.717, 1.165) is 30.9 Å². The van der Waals surface area contributed by atoms with E-state index >= 15 is 0 Å². The second kappa shape index (κ2) is 6.50. The summed E-state index contributed by atoms with van der Waals surface area (Å²) in [7, 11) is 1.62. The predicted octanol–water partition coefficient (Wildman–Crippen LogP) is 2.62. The van der Waals surface area contributed by atoms with Crippen LogP contribution in [-0.2, 0) is 4.74 Å². The molecule has 0 amide bonds. The summed E-state index contributed by atoms with van der Waals surface area (Å²) >= 11 is 0. The highest BCUT2D eigenvalue weighted by molar-refractivity contribution is 5.56. The van der Waals surface area contributed by atoms with Gasteiger partial charge in [-0.3, -0.25) is 0 Å². The Bertz CT molecular complexity index is 375. The Morgan fingerprint density at radius 3 is 3.00 bits per heavy atom. The molecule has 0 saturated carbocycles. The quantitative estimate of drug-likeness (QED) is 0.623. The Morgan fingerprint density at radius 1 is 1.44 bits per heavy atom. The van der Waals surface area contributed by atoms with Crippen molar-refractivity contribution in [2.45, 2.75) is 31.8 Å². The van der Waals surface area contributed by atoms with Crippen molar-refractivity contribution in [2.75, 3.05) is 26.1 Å². The summed E-state index contributed by atoms with van der Waals surface area (Å²) < 4.78 is 16.3. The molecular formula is C14H21NO3. The maximum atomic E-state index is 5.87. The zero-order valence-corrected chi connectivity index (χ0v) is 10.9. The number of hydrogen-bond donors (Lipinski definition) is 1.